The molecule has 1 amide bonds. The van der Waals surface area contributed by atoms with Crippen LogP contribution in [0.3, 0.4) is 0 Å². The van der Waals surface area contributed by atoms with Crippen LogP contribution in [-0.4, -0.2) is 27.5 Å². The quantitative estimate of drug-likeness (QED) is 0.451. The first kappa shape index (κ1) is 16.9. The molecule has 2 aromatic carbocycles. The molecule has 0 radical (unpaired) electrons. The Morgan fingerprint density at radius 3 is 2.46 bits per heavy atom. The van der Waals surface area contributed by atoms with Crippen LogP contribution < -0.4 is 0 Å². The Morgan fingerprint density at radius 1 is 1.12 bits per heavy atom. The largest absolute Gasteiger partial charge is 0.292 e. The molecular formula is C18H12ClNO2S2. The Balaban J connectivity index is 1.77. The van der Waals surface area contributed by atoms with Crippen molar-refractivity contribution in [1.82, 2.24) is 4.90 Å². The predicted molar refractivity (Wildman–Crippen MR) is 102 cm³/mol. The van der Waals surface area contributed by atoms with E-state index in [1.165, 1.54) is 16.7 Å². The number of benzene rings is 2. The molecule has 0 N–H and O–H groups in total. The fourth-order valence-electron chi connectivity index (χ4n) is 2.21. The number of carbonyl (C=O) groups excluding carboxylic acids is 2. The first-order chi connectivity index (χ1) is 11.5. The molecule has 0 spiro atoms. The van der Waals surface area contributed by atoms with E-state index in [-0.39, 0.29) is 18.2 Å². The van der Waals surface area contributed by atoms with Crippen LogP contribution in [-0.2, 0) is 4.79 Å². The Morgan fingerprint density at radius 2 is 1.79 bits per heavy atom. The summed E-state index contributed by atoms with van der Waals surface area (Å²) in [7, 11) is 0. The van der Waals surface area contributed by atoms with Gasteiger partial charge >= 0.3 is 0 Å². The van der Waals surface area contributed by atoms with Crippen molar-refractivity contribution in [3.05, 3.63) is 75.7 Å². The third kappa shape index (κ3) is 3.75. The van der Waals surface area contributed by atoms with Crippen molar-refractivity contribution < 1.29 is 9.59 Å². The second-order valence-corrected chi connectivity index (χ2v) is 7.22. The van der Waals surface area contributed by atoms with E-state index < -0.39 is 0 Å². The molecule has 120 valence electrons. The van der Waals surface area contributed by atoms with Crippen LogP contribution in [0.25, 0.3) is 6.08 Å². The maximum absolute atomic E-state index is 12.5. The highest BCUT2D eigenvalue weighted by atomic mass is 35.5. The average Bonchev–Trinajstić information content (AvgIpc) is 2.85. The lowest BCUT2D eigenvalue weighted by molar-refractivity contribution is -0.121. The molecule has 1 fully saturated rings. The summed E-state index contributed by atoms with van der Waals surface area (Å²) < 4.78 is 0.393. The highest BCUT2D eigenvalue weighted by molar-refractivity contribution is 8.26. The second kappa shape index (κ2) is 7.30. The minimum Gasteiger partial charge on any atom is -0.292 e. The van der Waals surface area contributed by atoms with E-state index in [1.54, 1.807) is 42.5 Å². The molecule has 0 atom stereocenters. The first-order valence-electron chi connectivity index (χ1n) is 7.14. The lowest BCUT2D eigenvalue weighted by atomic mass is 10.1. The zero-order valence-corrected chi connectivity index (χ0v) is 14.8. The van der Waals surface area contributed by atoms with Gasteiger partial charge in [-0.2, -0.15) is 0 Å². The van der Waals surface area contributed by atoms with Crippen molar-refractivity contribution in [2.45, 2.75) is 0 Å². The number of Topliss-reactive ketones (excluding diaryl/α,β-unsaturated/α-hetero) is 1. The molecule has 6 heteroatoms. The molecule has 1 aliphatic heterocycles. The summed E-state index contributed by atoms with van der Waals surface area (Å²) in [5, 5.41) is 0.633. The molecule has 0 unspecified atom stereocenters. The van der Waals surface area contributed by atoms with Crippen molar-refractivity contribution in [1.29, 1.82) is 0 Å². The van der Waals surface area contributed by atoms with Crippen molar-refractivity contribution in [3.8, 4) is 0 Å². The van der Waals surface area contributed by atoms with E-state index in [4.69, 9.17) is 23.8 Å². The van der Waals surface area contributed by atoms with E-state index >= 15 is 0 Å². The number of thiocarbonyl (C=S) groups is 1. The minimum atomic E-state index is -0.246. The van der Waals surface area contributed by atoms with Crippen LogP contribution in [0.15, 0.2) is 59.5 Å². The SMILES string of the molecule is O=C(CN1C(=O)/C(=C\c2ccc(Cl)cc2)SC1=S)c1ccccc1. The predicted octanol–water partition coefficient (Wildman–Crippen LogP) is 4.42. The molecule has 0 aromatic heterocycles. The summed E-state index contributed by atoms with van der Waals surface area (Å²) in [4.78, 5) is 26.7. The van der Waals surface area contributed by atoms with Crippen LogP contribution in [0.2, 0.25) is 5.02 Å². The molecule has 1 heterocycles. The zero-order chi connectivity index (χ0) is 17.1. The Hall–Kier alpha value is -1.95. The summed E-state index contributed by atoms with van der Waals surface area (Å²) in [5.74, 6) is -0.385. The molecule has 1 aliphatic rings. The fraction of sp³-hybridized carbons (Fsp3) is 0.0556. The summed E-state index contributed by atoms with van der Waals surface area (Å²) in [6.45, 7) is -0.0490. The van der Waals surface area contributed by atoms with Gasteiger partial charge in [0.15, 0.2) is 5.78 Å². The smallest absolute Gasteiger partial charge is 0.266 e. The van der Waals surface area contributed by atoms with Crippen molar-refractivity contribution in [3.63, 3.8) is 0 Å². The molecule has 1 saturated heterocycles. The monoisotopic (exact) mass is 373 g/mol. The van der Waals surface area contributed by atoms with Gasteiger partial charge in [-0.1, -0.05) is 78.0 Å². The summed E-state index contributed by atoms with van der Waals surface area (Å²) in [6.07, 6.45) is 1.75. The Kier molecular flexibility index (Phi) is 5.14. The van der Waals surface area contributed by atoms with Crippen LogP contribution in [0.1, 0.15) is 15.9 Å². The van der Waals surface area contributed by atoms with E-state index in [1.807, 2.05) is 18.2 Å². The minimum absolute atomic E-state index is 0.0490. The number of rotatable bonds is 4. The van der Waals surface area contributed by atoms with Crippen LogP contribution in [0, 0.1) is 0 Å². The molecule has 3 nitrogen and oxygen atoms in total. The van der Waals surface area contributed by atoms with Gasteiger partial charge in [-0.3, -0.25) is 14.5 Å². The Bertz CT molecular complexity index is 832. The van der Waals surface area contributed by atoms with Gasteiger partial charge in [-0.05, 0) is 23.8 Å². The van der Waals surface area contributed by atoms with Gasteiger partial charge in [0.05, 0.1) is 11.4 Å². The van der Waals surface area contributed by atoms with Crippen molar-refractivity contribution in [2.24, 2.45) is 0 Å². The third-order valence-corrected chi connectivity index (χ3v) is 5.07. The number of carbonyl (C=O) groups is 2. The van der Waals surface area contributed by atoms with Gasteiger partial charge in [0.2, 0.25) is 0 Å². The lowest BCUT2D eigenvalue weighted by Crippen LogP contribution is -2.33. The summed E-state index contributed by atoms with van der Waals surface area (Å²) in [5.41, 5.74) is 1.42. The number of hydrogen-bond acceptors (Lipinski definition) is 4. The van der Waals surface area contributed by atoms with Crippen LogP contribution in [0.4, 0.5) is 0 Å². The molecule has 2 aromatic rings. The zero-order valence-electron chi connectivity index (χ0n) is 12.4. The van der Waals surface area contributed by atoms with Crippen LogP contribution >= 0.6 is 35.6 Å². The summed E-state index contributed by atoms with van der Waals surface area (Å²) >= 11 is 12.3. The average molecular weight is 374 g/mol. The van der Waals surface area contributed by atoms with Crippen LogP contribution in [0.5, 0.6) is 0 Å². The lowest BCUT2D eigenvalue weighted by Gasteiger charge is -2.13. The third-order valence-electron chi connectivity index (χ3n) is 3.44. The highest BCUT2D eigenvalue weighted by Crippen LogP contribution is 2.32. The van der Waals surface area contributed by atoms with Crippen molar-refractivity contribution in [2.75, 3.05) is 6.54 Å². The number of hydrogen-bond donors (Lipinski definition) is 0. The van der Waals surface area contributed by atoms with E-state index in [2.05, 4.69) is 0 Å². The molecule has 0 saturated carbocycles. The van der Waals surface area contributed by atoms with E-state index in [9.17, 15) is 9.59 Å². The number of ketones is 1. The van der Waals surface area contributed by atoms with Gasteiger partial charge in [0.25, 0.3) is 5.91 Å². The van der Waals surface area contributed by atoms with Gasteiger partial charge < -0.3 is 0 Å². The van der Waals surface area contributed by atoms with Gasteiger partial charge in [0.1, 0.15) is 4.32 Å². The number of halogens is 1. The number of amides is 1. The molecular weight excluding hydrogens is 362 g/mol. The Labute approximate surface area is 154 Å². The van der Waals surface area contributed by atoms with Crippen molar-refractivity contribution >= 4 is 57.7 Å². The number of thioether (sulfide) groups is 1. The molecule has 0 bridgehead atoms. The molecule has 0 aliphatic carbocycles. The topological polar surface area (TPSA) is 37.4 Å². The second-order valence-electron chi connectivity index (χ2n) is 5.11. The number of nitrogens with zero attached hydrogens (tertiary/aromatic N) is 1. The van der Waals surface area contributed by atoms with Gasteiger partial charge in [-0.15, -0.1) is 0 Å². The maximum atomic E-state index is 12.5. The standard InChI is InChI=1S/C18H12ClNO2S2/c19-14-8-6-12(7-9-14)10-16-17(22)20(18(23)24-16)11-15(21)13-4-2-1-3-5-13/h1-10H,11H2/b16-10+. The molecule has 24 heavy (non-hydrogen) atoms. The maximum Gasteiger partial charge on any atom is 0.266 e. The first-order valence-corrected chi connectivity index (χ1v) is 8.74. The molecule has 3 rings (SSSR count). The normalized spacial score (nSPS) is 16.0. The van der Waals surface area contributed by atoms with Gasteiger partial charge in [0, 0.05) is 10.6 Å². The van der Waals surface area contributed by atoms with E-state index in [0.29, 0.717) is 19.8 Å². The van der Waals surface area contributed by atoms with E-state index in [0.717, 1.165) is 5.56 Å². The fourth-order valence-corrected chi connectivity index (χ4v) is 3.59. The summed E-state index contributed by atoms with van der Waals surface area (Å²) in [6, 6.07) is 16.0. The highest BCUT2D eigenvalue weighted by Gasteiger charge is 2.33. The van der Waals surface area contributed by atoms with Gasteiger partial charge in [-0.25, -0.2) is 0 Å².